The van der Waals surface area contributed by atoms with E-state index in [1.807, 2.05) is 6.92 Å². The Morgan fingerprint density at radius 2 is 2.13 bits per heavy atom. The largest absolute Gasteiger partial charge is 0.480 e. The molecule has 0 saturated carbocycles. The van der Waals surface area contributed by atoms with Crippen LogP contribution in [0.5, 0.6) is 0 Å². The van der Waals surface area contributed by atoms with Crippen LogP contribution in [0.25, 0.3) is 0 Å². The van der Waals surface area contributed by atoms with Gasteiger partial charge < -0.3 is 5.11 Å². The molecule has 0 amide bonds. The molecule has 6 heteroatoms. The van der Waals surface area contributed by atoms with Gasteiger partial charge in [-0.2, -0.15) is 0 Å². The van der Waals surface area contributed by atoms with Gasteiger partial charge in [0.05, 0.1) is 5.75 Å². The highest BCUT2D eigenvalue weighted by atomic mass is 32.2. The van der Waals surface area contributed by atoms with E-state index in [1.165, 1.54) is 6.08 Å². The first-order valence-corrected chi connectivity index (χ1v) is 6.33. The molecule has 0 heterocycles. The van der Waals surface area contributed by atoms with Crippen molar-refractivity contribution in [3.8, 4) is 0 Å². The van der Waals surface area contributed by atoms with E-state index in [9.17, 15) is 13.2 Å². The molecule has 0 radical (unpaired) electrons. The molecule has 0 fully saturated rings. The van der Waals surface area contributed by atoms with Crippen molar-refractivity contribution in [1.29, 1.82) is 0 Å². The first-order chi connectivity index (χ1) is 6.84. The summed E-state index contributed by atoms with van der Waals surface area (Å²) in [7, 11) is -3.58. The van der Waals surface area contributed by atoms with Gasteiger partial charge >= 0.3 is 5.97 Å². The van der Waals surface area contributed by atoms with Crippen LogP contribution in [0.4, 0.5) is 0 Å². The molecule has 0 aliphatic carbocycles. The minimum Gasteiger partial charge on any atom is -0.480 e. The fourth-order valence-corrected chi connectivity index (χ4v) is 2.17. The molecule has 0 aliphatic rings. The smallest absolute Gasteiger partial charge is 0.322 e. The molecule has 0 bridgehead atoms. The minimum atomic E-state index is -3.58. The van der Waals surface area contributed by atoms with Gasteiger partial charge in [-0.25, -0.2) is 13.1 Å². The SMILES string of the molecule is C=CCS(=O)(=O)N[C@H](C(=O)O)[C@@H](C)CC. The van der Waals surface area contributed by atoms with Crippen LogP contribution in [0.15, 0.2) is 12.7 Å². The molecular weight excluding hydrogens is 218 g/mol. The van der Waals surface area contributed by atoms with Crippen LogP contribution < -0.4 is 4.72 Å². The van der Waals surface area contributed by atoms with Gasteiger partial charge in [-0.05, 0) is 5.92 Å². The zero-order chi connectivity index (χ0) is 12.1. The lowest BCUT2D eigenvalue weighted by molar-refractivity contribution is -0.140. The molecule has 0 saturated heterocycles. The summed E-state index contributed by atoms with van der Waals surface area (Å²) in [6.45, 7) is 6.79. The topological polar surface area (TPSA) is 83.5 Å². The van der Waals surface area contributed by atoms with E-state index in [4.69, 9.17) is 5.11 Å². The number of aliphatic carboxylic acids is 1. The van der Waals surface area contributed by atoms with Crippen molar-refractivity contribution in [2.24, 2.45) is 5.92 Å². The van der Waals surface area contributed by atoms with Gasteiger partial charge in [0.25, 0.3) is 0 Å². The van der Waals surface area contributed by atoms with E-state index in [0.717, 1.165) is 0 Å². The molecular formula is C9H17NO4S. The first-order valence-electron chi connectivity index (χ1n) is 4.67. The maximum Gasteiger partial charge on any atom is 0.322 e. The van der Waals surface area contributed by atoms with Crippen molar-refractivity contribution < 1.29 is 18.3 Å². The quantitative estimate of drug-likeness (QED) is 0.633. The predicted molar refractivity (Wildman–Crippen MR) is 58.0 cm³/mol. The van der Waals surface area contributed by atoms with Gasteiger partial charge in [-0.3, -0.25) is 4.79 Å². The van der Waals surface area contributed by atoms with E-state index >= 15 is 0 Å². The number of nitrogens with one attached hydrogen (secondary N) is 1. The third-order valence-corrected chi connectivity index (χ3v) is 3.41. The lowest BCUT2D eigenvalue weighted by atomic mass is 10.0. The van der Waals surface area contributed by atoms with Crippen molar-refractivity contribution in [3.05, 3.63) is 12.7 Å². The minimum absolute atomic E-state index is 0.248. The van der Waals surface area contributed by atoms with Gasteiger partial charge in [0.2, 0.25) is 10.0 Å². The molecule has 5 nitrogen and oxygen atoms in total. The lowest BCUT2D eigenvalue weighted by Crippen LogP contribution is -2.45. The third-order valence-electron chi connectivity index (χ3n) is 2.12. The molecule has 0 aliphatic heterocycles. The Labute approximate surface area is 90.2 Å². The molecule has 2 atom stereocenters. The van der Waals surface area contributed by atoms with Crippen molar-refractivity contribution in [2.45, 2.75) is 26.3 Å². The summed E-state index contributed by atoms with van der Waals surface area (Å²) >= 11 is 0. The summed E-state index contributed by atoms with van der Waals surface area (Å²) in [5, 5.41) is 8.85. The average Bonchev–Trinajstić information content (AvgIpc) is 2.12. The highest BCUT2D eigenvalue weighted by Gasteiger charge is 2.27. The Balaban J connectivity index is 4.69. The van der Waals surface area contributed by atoms with Gasteiger partial charge in [0.15, 0.2) is 0 Å². The van der Waals surface area contributed by atoms with Crippen LogP contribution in [0.1, 0.15) is 20.3 Å². The highest BCUT2D eigenvalue weighted by molar-refractivity contribution is 7.89. The Morgan fingerprint density at radius 3 is 2.47 bits per heavy atom. The van der Waals surface area contributed by atoms with Crippen LogP contribution in [0.3, 0.4) is 0 Å². The van der Waals surface area contributed by atoms with E-state index < -0.39 is 22.0 Å². The molecule has 0 unspecified atom stereocenters. The Hall–Kier alpha value is -0.880. The average molecular weight is 235 g/mol. The number of carboxylic acid groups (broad SMARTS) is 1. The zero-order valence-electron chi connectivity index (χ0n) is 8.93. The van der Waals surface area contributed by atoms with Crippen molar-refractivity contribution in [3.63, 3.8) is 0 Å². The molecule has 0 aromatic rings. The Kier molecular flexibility index (Phi) is 5.53. The van der Waals surface area contributed by atoms with Gasteiger partial charge in [-0.15, -0.1) is 6.58 Å². The number of carboxylic acids is 1. The van der Waals surface area contributed by atoms with Crippen LogP contribution >= 0.6 is 0 Å². The second kappa shape index (κ2) is 5.87. The summed E-state index contributed by atoms with van der Waals surface area (Å²) in [5.74, 6) is -1.67. The van der Waals surface area contributed by atoms with E-state index in [1.54, 1.807) is 6.92 Å². The molecule has 2 N–H and O–H groups in total. The summed E-state index contributed by atoms with van der Waals surface area (Å²) in [4.78, 5) is 10.8. The van der Waals surface area contributed by atoms with Gasteiger partial charge in [0.1, 0.15) is 6.04 Å². The van der Waals surface area contributed by atoms with E-state index in [2.05, 4.69) is 11.3 Å². The van der Waals surface area contributed by atoms with Crippen molar-refractivity contribution in [1.82, 2.24) is 4.72 Å². The normalized spacial score (nSPS) is 15.6. The summed E-state index contributed by atoms with van der Waals surface area (Å²) in [5.41, 5.74) is 0. The van der Waals surface area contributed by atoms with Crippen molar-refractivity contribution in [2.75, 3.05) is 5.75 Å². The highest BCUT2D eigenvalue weighted by Crippen LogP contribution is 2.09. The molecule has 88 valence electrons. The summed E-state index contributed by atoms with van der Waals surface area (Å²) in [6.07, 6.45) is 1.81. The zero-order valence-corrected chi connectivity index (χ0v) is 9.75. The van der Waals surface area contributed by atoms with Crippen LogP contribution in [0, 0.1) is 5.92 Å². The molecule has 0 rings (SSSR count). The predicted octanol–water partition coefficient (Wildman–Crippen LogP) is 0.591. The van der Waals surface area contributed by atoms with Crippen LogP contribution in [0.2, 0.25) is 0 Å². The lowest BCUT2D eigenvalue weighted by Gasteiger charge is -2.19. The van der Waals surface area contributed by atoms with E-state index in [-0.39, 0.29) is 11.7 Å². The first kappa shape index (κ1) is 14.1. The summed E-state index contributed by atoms with van der Waals surface area (Å²) < 4.78 is 24.8. The second-order valence-electron chi connectivity index (χ2n) is 3.39. The fraction of sp³-hybridized carbons (Fsp3) is 0.667. The Morgan fingerprint density at radius 1 is 1.60 bits per heavy atom. The maximum atomic E-state index is 11.3. The number of hydrogen-bond donors (Lipinski definition) is 2. The monoisotopic (exact) mass is 235 g/mol. The fourth-order valence-electron chi connectivity index (χ4n) is 1.04. The summed E-state index contributed by atoms with van der Waals surface area (Å²) in [6, 6.07) is -1.07. The van der Waals surface area contributed by atoms with Crippen LogP contribution in [-0.4, -0.2) is 31.3 Å². The number of sulfonamides is 1. The molecule has 0 spiro atoms. The number of hydrogen-bond acceptors (Lipinski definition) is 3. The maximum absolute atomic E-state index is 11.3. The molecule has 0 aromatic carbocycles. The third kappa shape index (κ3) is 4.94. The van der Waals surface area contributed by atoms with E-state index in [0.29, 0.717) is 6.42 Å². The molecule has 15 heavy (non-hydrogen) atoms. The van der Waals surface area contributed by atoms with Crippen molar-refractivity contribution >= 4 is 16.0 Å². The van der Waals surface area contributed by atoms with Crippen LogP contribution in [-0.2, 0) is 14.8 Å². The number of carbonyl (C=O) groups is 1. The Bertz CT molecular complexity index is 323. The number of rotatable bonds is 7. The van der Waals surface area contributed by atoms with Gasteiger partial charge in [0, 0.05) is 0 Å². The second-order valence-corrected chi connectivity index (χ2v) is 5.19. The molecule has 0 aromatic heterocycles. The standard InChI is InChI=1S/C9H17NO4S/c1-4-6-15(13,14)10-8(9(11)12)7(3)5-2/h4,7-8,10H,1,5-6H2,2-3H3,(H,11,12)/t7-,8-/m0/s1. The van der Waals surface area contributed by atoms with Gasteiger partial charge in [-0.1, -0.05) is 26.3 Å².